The van der Waals surface area contributed by atoms with Crippen LogP contribution in [0.25, 0.3) is 0 Å². The van der Waals surface area contributed by atoms with E-state index in [0.717, 1.165) is 13.1 Å². The zero-order valence-electron chi connectivity index (χ0n) is 11.8. The summed E-state index contributed by atoms with van der Waals surface area (Å²) >= 11 is 0. The standard InChI is InChI=1S/C16H26N2/c1-3-4-5-8-11-18-13-14(2)17-12-15-9-6-7-10-16(15)18/h6-7,9-10,14,17H,3-5,8,11-13H2,1-2H3. The SMILES string of the molecule is CCCCCCN1CC(C)NCc2ccccc21. The maximum absolute atomic E-state index is 3.59. The van der Waals surface area contributed by atoms with Crippen LogP contribution in [0.15, 0.2) is 24.3 Å². The highest BCUT2D eigenvalue weighted by molar-refractivity contribution is 5.54. The number of para-hydroxylation sites is 1. The largest absolute Gasteiger partial charge is 0.370 e. The zero-order valence-corrected chi connectivity index (χ0v) is 11.8. The summed E-state index contributed by atoms with van der Waals surface area (Å²) in [6.45, 7) is 7.88. The second-order valence-corrected chi connectivity index (χ2v) is 5.42. The zero-order chi connectivity index (χ0) is 12.8. The first-order valence-electron chi connectivity index (χ1n) is 7.37. The molecule has 0 spiro atoms. The van der Waals surface area contributed by atoms with Crippen molar-refractivity contribution in [3.8, 4) is 0 Å². The van der Waals surface area contributed by atoms with Gasteiger partial charge in [0.25, 0.3) is 0 Å². The molecule has 1 aliphatic rings. The average Bonchev–Trinajstić information content (AvgIpc) is 2.55. The van der Waals surface area contributed by atoms with Gasteiger partial charge in [0, 0.05) is 31.4 Å². The normalized spacial score (nSPS) is 19.4. The van der Waals surface area contributed by atoms with Gasteiger partial charge in [-0.2, -0.15) is 0 Å². The van der Waals surface area contributed by atoms with Crippen LogP contribution in [0.2, 0.25) is 0 Å². The van der Waals surface area contributed by atoms with Gasteiger partial charge in [-0.05, 0) is 25.0 Å². The fourth-order valence-corrected chi connectivity index (χ4v) is 2.69. The van der Waals surface area contributed by atoms with E-state index in [4.69, 9.17) is 0 Å². The monoisotopic (exact) mass is 246 g/mol. The molecule has 1 heterocycles. The summed E-state index contributed by atoms with van der Waals surface area (Å²) in [6, 6.07) is 9.40. The van der Waals surface area contributed by atoms with E-state index < -0.39 is 0 Å². The molecule has 2 rings (SSSR count). The van der Waals surface area contributed by atoms with Gasteiger partial charge in [0.1, 0.15) is 0 Å². The molecule has 0 saturated carbocycles. The van der Waals surface area contributed by atoms with Gasteiger partial charge >= 0.3 is 0 Å². The Kier molecular flexibility index (Phi) is 5.06. The predicted molar refractivity (Wildman–Crippen MR) is 79.1 cm³/mol. The van der Waals surface area contributed by atoms with Crippen LogP contribution in [-0.4, -0.2) is 19.1 Å². The van der Waals surface area contributed by atoms with Gasteiger partial charge < -0.3 is 10.2 Å². The molecule has 0 aliphatic carbocycles. The van der Waals surface area contributed by atoms with E-state index in [9.17, 15) is 0 Å². The lowest BCUT2D eigenvalue weighted by molar-refractivity contribution is 0.544. The van der Waals surface area contributed by atoms with Crippen LogP contribution in [0, 0.1) is 0 Å². The van der Waals surface area contributed by atoms with Crippen molar-refractivity contribution in [2.45, 2.75) is 52.1 Å². The van der Waals surface area contributed by atoms with Crippen LogP contribution < -0.4 is 10.2 Å². The summed E-state index contributed by atoms with van der Waals surface area (Å²) in [6.07, 6.45) is 5.35. The maximum atomic E-state index is 3.59. The van der Waals surface area contributed by atoms with Gasteiger partial charge in [-0.25, -0.2) is 0 Å². The van der Waals surface area contributed by atoms with E-state index in [1.807, 2.05) is 0 Å². The van der Waals surface area contributed by atoms with Crippen LogP contribution in [0.4, 0.5) is 5.69 Å². The number of rotatable bonds is 5. The summed E-state index contributed by atoms with van der Waals surface area (Å²) in [5, 5.41) is 3.59. The van der Waals surface area contributed by atoms with Crippen molar-refractivity contribution in [2.24, 2.45) is 0 Å². The van der Waals surface area contributed by atoms with Gasteiger partial charge in [0.2, 0.25) is 0 Å². The van der Waals surface area contributed by atoms with Gasteiger partial charge in [-0.15, -0.1) is 0 Å². The molecule has 0 radical (unpaired) electrons. The Labute approximate surface area is 111 Å². The summed E-state index contributed by atoms with van der Waals surface area (Å²) in [5.74, 6) is 0. The maximum Gasteiger partial charge on any atom is 0.0412 e. The summed E-state index contributed by atoms with van der Waals surface area (Å²) in [5.41, 5.74) is 2.88. The number of nitrogens with zero attached hydrogens (tertiary/aromatic N) is 1. The Morgan fingerprint density at radius 1 is 1.22 bits per heavy atom. The summed E-state index contributed by atoms with van der Waals surface area (Å²) in [4.78, 5) is 2.57. The van der Waals surface area contributed by atoms with E-state index in [2.05, 4.69) is 48.3 Å². The molecule has 0 aromatic heterocycles. The van der Waals surface area contributed by atoms with Gasteiger partial charge in [0.15, 0.2) is 0 Å². The molecule has 2 nitrogen and oxygen atoms in total. The van der Waals surface area contributed by atoms with Crippen LogP contribution in [0.1, 0.15) is 45.1 Å². The Bertz CT molecular complexity index is 362. The van der Waals surface area contributed by atoms with Crippen molar-refractivity contribution in [1.82, 2.24) is 5.32 Å². The second kappa shape index (κ2) is 6.79. The predicted octanol–water partition coefficient (Wildman–Crippen LogP) is 3.57. The van der Waals surface area contributed by atoms with Gasteiger partial charge in [0.05, 0.1) is 0 Å². The number of unbranched alkanes of at least 4 members (excludes halogenated alkanes) is 3. The minimum atomic E-state index is 0.573. The quantitative estimate of drug-likeness (QED) is 0.799. The average molecular weight is 246 g/mol. The Hall–Kier alpha value is -1.02. The van der Waals surface area contributed by atoms with Gasteiger partial charge in [-0.3, -0.25) is 0 Å². The molecule has 1 atom stereocenters. The van der Waals surface area contributed by atoms with E-state index in [1.54, 1.807) is 0 Å². The van der Waals surface area contributed by atoms with Crippen molar-refractivity contribution in [3.63, 3.8) is 0 Å². The number of anilines is 1. The molecule has 1 aromatic carbocycles. The fourth-order valence-electron chi connectivity index (χ4n) is 2.69. The molecular formula is C16H26N2. The lowest BCUT2D eigenvalue weighted by Crippen LogP contribution is -2.36. The van der Waals surface area contributed by atoms with Crippen molar-refractivity contribution in [1.29, 1.82) is 0 Å². The third-order valence-electron chi connectivity index (χ3n) is 3.75. The van der Waals surface area contributed by atoms with Crippen LogP contribution in [-0.2, 0) is 6.54 Å². The highest BCUT2D eigenvalue weighted by Gasteiger charge is 2.17. The van der Waals surface area contributed by atoms with E-state index in [1.165, 1.54) is 43.5 Å². The molecule has 1 N–H and O–H groups in total. The number of hydrogen-bond acceptors (Lipinski definition) is 2. The van der Waals surface area contributed by atoms with Crippen LogP contribution in [0.5, 0.6) is 0 Å². The molecule has 0 amide bonds. The molecule has 0 saturated heterocycles. The Balaban J connectivity index is 2.02. The molecular weight excluding hydrogens is 220 g/mol. The minimum absolute atomic E-state index is 0.573. The number of hydrogen-bond donors (Lipinski definition) is 1. The molecule has 0 bridgehead atoms. The molecule has 2 heteroatoms. The molecule has 1 aromatic rings. The smallest absolute Gasteiger partial charge is 0.0412 e. The summed E-state index contributed by atoms with van der Waals surface area (Å²) < 4.78 is 0. The van der Waals surface area contributed by atoms with Crippen molar-refractivity contribution < 1.29 is 0 Å². The number of fused-ring (bicyclic) bond motifs is 1. The van der Waals surface area contributed by atoms with Crippen molar-refractivity contribution in [2.75, 3.05) is 18.0 Å². The topological polar surface area (TPSA) is 15.3 Å². The molecule has 0 fully saturated rings. The Morgan fingerprint density at radius 2 is 2.06 bits per heavy atom. The molecule has 100 valence electrons. The van der Waals surface area contributed by atoms with E-state index >= 15 is 0 Å². The molecule has 1 aliphatic heterocycles. The number of benzene rings is 1. The lowest BCUT2D eigenvalue weighted by Gasteiger charge is -2.26. The van der Waals surface area contributed by atoms with Crippen LogP contribution in [0.3, 0.4) is 0 Å². The Morgan fingerprint density at radius 3 is 2.89 bits per heavy atom. The van der Waals surface area contributed by atoms with E-state index in [0.29, 0.717) is 6.04 Å². The molecule has 1 unspecified atom stereocenters. The lowest BCUT2D eigenvalue weighted by atomic mass is 10.1. The van der Waals surface area contributed by atoms with Crippen molar-refractivity contribution >= 4 is 5.69 Å². The minimum Gasteiger partial charge on any atom is -0.370 e. The molecule has 18 heavy (non-hydrogen) atoms. The summed E-state index contributed by atoms with van der Waals surface area (Å²) in [7, 11) is 0. The first kappa shape index (κ1) is 13.4. The third kappa shape index (κ3) is 3.49. The van der Waals surface area contributed by atoms with Crippen molar-refractivity contribution in [3.05, 3.63) is 29.8 Å². The van der Waals surface area contributed by atoms with E-state index in [-0.39, 0.29) is 0 Å². The second-order valence-electron chi connectivity index (χ2n) is 5.42. The van der Waals surface area contributed by atoms with Crippen LogP contribution >= 0.6 is 0 Å². The fraction of sp³-hybridized carbons (Fsp3) is 0.625. The first-order chi connectivity index (χ1) is 8.81. The first-order valence-corrected chi connectivity index (χ1v) is 7.37. The highest BCUT2D eigenvalue weighted by atomic mass is 15.2. The number of nitrogens with one attached hydrogen (secondary N) is 1. The van der Waals surface area contributed by atoms with Gasteiger partial charge in [-0.1, -0.05) is 44.4 Å². The highest BCUT2D eigenvalue weighted by Crippen LogP contribution is 2.23. The third-order valence-corrected chi connectivity index (χ3v) is 3.75.